The number of nitrogens with one attached hydrogen (secondary N) is 2. The van der Waals surface area contributed by atoms with Crippen LogP contribution in [-0.4, -0.2) is 48.1 Å². The highest BCUT2D eigenvalue weighted by atomic mass is 16.7. The SMILES string of the molecule is CC(C)CNC(=O)c1ccc(-c2c(C(=O)Nc3ccc(/C(N)=N/C(N)=O)cc3)ccc3c2OCO3)c(C(=O)O)c1. The fourth-order valence-electron chi connectivity index (χ4n) is 4.01. The number of benzene rings is 3. The number of amides is 4. The van der Waals surface area contributed by atoms with Crippen LogP contribution >= 0.6 is 0 Å². The summed E-state index contributed by atoms with van der Waals surface area (Å²) in [4.78, 5) is 52.8. The highest BCUT2D eigenvalue weighted by Crippen LogP contribution is 2.45. The van der Waals surface area contributed by atoms with Gasteiger partial charge in [-0.1, -0.05) is 19.9 Å². The molecule has 0 unspecified atom stereocenters. The second-order valence-corrected chi connectivity index (χ2v) is 9.26. The van der Waals surface area contributed by atoms with E-state index in [1.807, 2.05) is 13.8 Å². The van der Waals surface area contributed by atoms with E-state index in [0.717, 1.165) is 0 Å². The predicted octanol–water partition coefficient (Wildman–Crippen LogP) is 3.20. The molecule has 206 valence electrons. The van der Waals surface area contributed by atoms with Crippen LogP contribution in [0.25, 0.3) is 11.1 Å². The van der Waals surface area contributed by atoms with E-state index in [2.05, 4.69) is 15.6 Å². The maximum atomic E-state index is 13.4. The molecule has 0 spiro atoms. The molecule has 4 rings (SSSR count). The van der Waals surface area contributed by atoms with Crippen LogP contribution < -0.4 is 31.6 Å². The third kappa shape index (κ3) is 6.01. The number of aromatic carboxylic acids is 1. The van der Waals surface area contributed by atoms with E-state index >= 15 is 0 Å². The van der Waals surface area contributed by atoms with Crippen molar-refractivity contribution >= 4 is 35.3 Å². The molecular weight excluding hydrogens is 518 g/mol. The second-order valence-electron chi connectivity index (χ2n) is 9.26. The Balaban J connectivity index is 1.72. The molecule has 40 heavy (non-hydrogen) atoms. The summed E-state index contributed by atoms with van der Waals surface area (Å²) < 4.78 is 11.1. The van der Waals surface area contributed by atoms with Crippen molar-refractivity contribution in [3.05, 3.63) is 76.9 Å². The average Bonchev–Trinajstić information content (AvgIpc) is 3.40. The maximum Gasteiger partial charge on any atom is 0.340 e. The normalized spacial score (nSPS) is 12.2. The Bertz CT molecular complexity index is 1530. The van der Waals surface area contributed by atoms with Crippen molar-refractivity contribution in [3.63, 3.8) is 0 Å². The van der Waals surface area contributed by atoms with Gasteiger partial charge in [-0.3, -0.25) is 9.59 Å². The van der Waals surface area contributed by atoms with Gasteiger partial charge in [-0.15, -0.1) is 0 Å². The first-order valence-corrected chi connectivity index (χ1v) is 12.2. The van der Waals surface area contributed by atoms with Crippen LogP contribution in [0.2, 0.25) is 0 Å². The zero-order valence-corrected chi connectivity index (χ0v) is 21.7. The van der Waals surface area contributed by atoms with Crippen LogP contribution in [0.4, 0.5) is 10.5 Å². The lowest BCUT2D eigenvalue weighted by molar-refractivity contribution is 0.0697. The monoisotopic (exact) mass is 545 g/mol. The van der Waals surface area contributed by atoms with Gasteiger partial charge in [0, 0.05) is 34.5 Å². The van der Waals surface area contributed by atoms with Gasteiger partial charge < -0.3 is 36.7 Å². The molecule has 3 aromatic rings. The number of hydrogen-bond acceptors (Lipinski definition) is 6. The Morgan fingerprint density at radius 3 is 2.27 bits per heavy atom. The van der Waals surface area contributed by atoms with Crippen LogP contribution in [0.15, 0.2) is 59.6 Å². The summed E-state index contributed by atoms with van der Waals surface area (Å²) in [5, 5.41) is 15.6. The molecule has 12 heteroatoms. The summed E-state index contributed by atoms with van der Waals surface area (Å²) in [5.74, 6) is -1.58. The molecular formula is C28H27N5O7. The molecule has 1 heterocycles. The molecule has 0 fully saturated rings. The molecule has 0 aliphatic carbocycles. The number of hydrogen-bond donors (Lipinski definition) is 5. The van der Waals surface area contributed by atoms with Gasteiger partial charge in [0.1, 0.15) is 5.84 Å². The van der Waals surface area contributed by atoms with Crippen molar-refractivity contribution in [1.29, 1.82) is 0 Å². The lowest BCUT2D eigenvalue weighted by Gasteiger charge is -2.16. The number of fused-ring (bicyclic) bond motifs is 1. The molecule has 0 bridgehead atoms. The number of nitrogens with two attached hydrogens (primary N) is 2. The van der Waals surface area contributed by atoms with Gasteiger partial charge in [0.2, 0.25) is 6.79 Å². The number of carboxylic acid groups (broad SMARTS) is 1. The van der Waals surface area contributed by atoms with Gasteiger partial charge in [-0.25, -0.2) is 9.59 Å². The average molecular weight is 546 g/mol. The number of aliphatic imine (C=N–C) groups is 1. The first-order chi connectivity index (χ1) is 19.0. The van der Waals surface area contributed by atoms with Crippen LogP contribution in [0.1, 0.15) is 50.5 Å². The molecule has 0 saturated carbocycles. The van der Waals surface area contributed by atoms with E-state index in [1.165, 1.54) is 24.3 Å². The third-order valence-electron chi connectivity index (χ3n) is 5.91. The minimum absolute atomic E-state index is 0.0778. The van der Waals surface area contributed by atoms with Crippen LogP contribution in [0.5, 0.6) is 11.5 Å². The minimum Gasteiger partial charge on any atom is -0.478 e. The van der Waals surface area contributed by atoms with E-state index < -0.39 is 23.8 Å². The molecule has 0 saturated heterocycles. The summed E-state index contributed by atoms with van der Waals surface area (Å²) in [6, 6.07) is 12.5. The van der Waals surface area contributed by atoms with Crippen LogP contribution in [-0.2, 0) is 0 Å². The van der Waals surface area contributed by atoms with Crippen molar-refractivity contribution in [2.75, 3.05) is 18.7 Å². The molecule has 7 N–H and O–H groups in total. The molecule has 3 aromatic carbocycles. The largest absolute Gasteiger partial charge is 0.478 e. The smallest absolute Gasteiger partial charge is 0.340 e. The van der Waals surface area contributed by atoms with Crippen molar-refractivity contribution in [3.8, 4) is 22.6 Å². The standard InChI is InChI=1S/C28H27N5O7/c1-14(2)12-31-25(34)16-5-8-18(20(11-16)27(36)37)22-19(9-10-21-23(22)40-13-39-21)26(35)32-17-6-3-15(4-7-17)24(29)33-28(30)38/h3-11,14H,12-13H2,1-2H3,(H,31,34)(H,32,35)(H,36,37)(H4,29,30,33,38). The lowest BCUT2D eigenvalue weighted by atomic mass is 9.92. The maximum absolute atomic E-state index is 13.4. The zero-order chi connectivity index (χ0) is 29.0. The Hall–Kier alpha value is -5.39. The number of carbonyl (C=O) groups is 4. The molecule has 4 amide bonds. The number of anilines is 1. The van der Waals surface area contributed by atoms with Crippen LogP contribution in [0, 0.1) is 5.92 Å². The zero-order valence-electron chi connectivity index (χ0n) is 21.7. The summed E-state index contributed by atoms with van der Waals surface area (Å²) in [7, 11) is 0. The number of primary amides is 1. The Labute approximate surface area is 229 Å². The quantitative estimate of drug-likeness (QED) is 0.210. The lowest BCUT2D eigenvalue weighted by Crippen LogP contribution is -2.27. The Morgan fingerprint density at radius 1 is 0.925 bits per heavy atom. The van der Waals surface area contributed by atoms with Gasteiger partial charge in [0.25, 0.3) is 11.8 Å². The van der Waals surface area contributed by atoms with Gasteiger partial charge in [-0.2, -0.15) is 4.99 Å². The highest BCUT2D eigenvalue weighted by Gasteiger charge is 2.28. The summed E-state index contributed by atoms with van der Waals surface area (Å²) >= 11 is 0. The molecule has 0 atom stereocenters. The van der Waals surface area contributed by atoms with Crippen molar-refractivity contribution in [1.82, 2.24) is 5.32 Å². The van der Waals surface area contributed by atoms with Crippen molar-refractivity contribution < 1.29 is 33.8 Å². The highest BCUT2D eigenvalue weighted by molar-refractivity contribution is 6.12. The number of rotatable bonds is 8. The number of ether oxygens (including phenoxy) is 2. The number of urea groups is 1. The van der Waals surface area contributed by atoms with Crippen molar-refractivity contribution in [2.45, 2.75) is 13.8 Å². The summed E-state index contributed by atoms with van der Waals surface area (Å²) in [6.07, 6.45) is 0. The predicted molar refractivity (Wildman–Crippen MR) is 147 cm³/mol. The van der Waals surface area contributed by atoms with E-state index in [-0.39, 0.29) is 52.1 Å². The minimum atomic E-state index is -1.29. The second kappa shape index (κ2) is 11.6. The van der Waals surface area contributed by atoms with E-state index in [9.17, 15) is 24.3 Å². The summed E-state index contributed by atoms with van der Waals surface area (Å²) in [6.45, 7) is 4.20. The molecule has 0 aromatic heterocycles. The number of amidine groups is 1. The third-order valence-corrected chi connectivity index (χ3v) is 5.91. The number of carboxylic acids is 1. The fourth-order valence-corrected chi connectivity index (χ4v) is 4.01. The molecule has 1 aliphatic heterocycles. The molecule has 12 nitrogen and oxygen atoms in total. The van der Waals surface area contributed by atoms with E-state index in [1.54, 1.807) is 30.3 Å². The number of carbonyl (C=O) groups excluding carboxylic acids is 3. The topological polar surface area (TPSA) is 195 Å². The first-order valence-electron chi connectivity index (χ1n) is 12.2. The van der Waals surface area contributed by atoms with Gasteiger partial charge in [0.05, 0.1) is 11.1 Å². The van der Waals surface area contributed by atoms with E-state index in [4.69, 9.17) is 20.9 Å². The Kier molecular flexibility index (Phi) is 7.99. The summed E-state index contributed by atoms with van der Waals surface area (Å²) in [5.41, 5.74) is 12.0. The van der Waals surface area contributed by atoms with Gasteiger partial charge in [-0.05, 0) is 54.4 Å². The van der Waals surface area contributed by atoms with Crippen LogP contribution in [0.3, 0.4) is 0 Å². The van der Waals surface area contributed by atoms with Crippen molar-refractivity contribution in [2.24, 2.45) is 22.4 Å². The fraction of sp³-hybridized carbons (Fsp3) is 0.179. The van der Waals surface area contributed by atoms with E-state index in [0.29, 0.717) is 23.5 Å². The molecule has 0 radical (unpaired) electrons. The number of nitrogens with zero attached hydrogens (tertiary/aromatic N) is 1. The van der Waals surface area contributed by atoms with Gasteiger partial charge in [0.15, 0.2) is 11.5 Å². The van der Waals surface area contributed by atoms with Gasteiger partial charge >= 0.3 is 12.0 Å². The molecule has 1 aliphatic rings. The Morgan fingerprint density at radius 2 is 1.62 bits per heavy atom. The first kappa shape index (κ1) is 27.6.